The zero-order valence-electron chi connectivity index (χ0n) is 7.19. The Morgan fingerprint density at radius 3 is 1.46 bits per heavy atom. The second kappa shape index (κ2) is 30.3. The third-order valence-corrected chi connectivity index (χ3v) is 3.87. The van der Waals surface area contributed by atoms with Crippen molar-refractivity contribution in [1.82, 2.24) is 0 Å². The van der Waals surface area contributed by atoms with Gasteiger partial charge in [0.2, 0.25) is 0 Å². The van der Waals surface area contributed by atoms with Crippen LogP contribution < -0.4 is 0 Å². The summed E-state index contributed by atoms with van der Waals surface area (Å²) in [6, 6.07) is 0. The zero-order chi connectivity index (χ0) is 10.9. The fourth-order valence-electron chi connectivity index (χ4n) is 0.287. The molecule has 0 saturated heterocycles. The first kappa shape index (κ1) is 18.1. The van der Waals surface area contributed by atoms with Crippen LogP contribution in [0.2, 0.25) is 8.87 Å². The van der Waals surface area contributed by atoms with Crippen LogP contribution in [0.5, 0.6) is 0 Å². The van der Waals surface area contributed by atoms with E-state index in [1.807, 2.05) is 12.2 Å². The Labute approximate surface area is 88.2 Å². The van der Waals surface area contributed by atoms with E-state index in [1.165, 1.54) is 8.87 Å². The molecule has 72 valence electrons. The van der Waals surface area contributed by atoms with Gasteiger partial charge in [-0.25, -0.2) is 0 Å². The molecule has 0 spiro atoms. The molecule has 0 radical (unpaired) electrons. The monoisotopic (exact) mass is 292 g/mol. The van der Waals surface area contributed by atoms with Crippen LogP contribution in [-0.2, 0) is 9.59 Å². The van der Waals surface area contributed by atoms with E-state index in [9.17, 15) is 0 Å². The summed E-state index contributed by atoms with van der Waals surface area (Å²) in [5, 5.41) is 13.5. The maximum absolute atomic E-state index is 8.24. The van der Waals surface area contributed by atoms with Gasteiger partial charge in [0.05, 0.1) is 0 Å². The molecule has 0 bridgehead atoms. The Bertz CT molecular complexity index is 111. The van der Waals surface area contributed by atoms with Gasteiger partial charge in [-0.15, -0.1) is 0 Å². The first-order chi connectivity index (χ1) is 6.24. The number of allylic oxidation sites excluding steroid dienone is 2. The molecule has 0 heterocycles. The average molecular weight is 291 g/mol. The zero-order valence-corrected chi connectivity index (χ0v) is 10.0. The molecule has 0 aromatic heterocycles. The predicted octanol–water partition coefficient (Wildman–Crippen LogP) is 1.12. The summed E-state index contributed by atoms with van der Waals surface area (Å²) in [6.45, 7) is 8.28. The largest absolute Gasteiger partial charge is 0.665 e. The van der Waals surface area contributed by atoms with Gasteiger partial charge < -0.3 is 19.8 Å². The molecule has 2 N–H and O–H groups in total. The second-order valence-corrected chi connectivity index (χ2v) is 5.18. The minimum absolute atomic E-state index is 0.0547. The summed E-state index contributed by atoms with van der Waals surface area (Å²) in [4.78, 5) is 16.5. The Kier molecular flexibility index (Phi) is 42.2. The van der Waals surface area contributed by atoms with E-state index in [4.69, 9.17) is 19.8 Å². The first-order valence-corrected chi connectivity index (χ1v) is 7.23. The second-order valence-electron chi connectivity index (χ2n) is 1.42. The molecule has 0 fully saturated rings. The summed E-state index contributed by atoms with van der Waals surface area (Å²) in [5.74, 6) is 0. The van der Waals surface area contributed by atoms with Gasteiger partial charge in [-0.05, 0) is 0 Å². The summed E-state index contributed by atoms with van der Waals surface area (Å²) in [7, 11) is 0. The minimum atomic E-state index is -0.0547. The van der Waals surface area contributed by atoms with Crippen molar-refractivity contribution in [1.29, 1.82) is 0 Å². The topological polar surface area (TPSA) is 74.6 Å². The molecule has 0 aliphatic rings. The van der Waals surface area contributed by atoms with Gasteiger partial charge in [0.15, 0.2) is 0 Å². The van der Waals surface area contributed by atoms with Crippen LogP contribution in [0.3, 0.4) is 0 Å². The van der Waals surface area contributed by atoms with Crippen molar-refractivity contribution in [2.45, 2.75) is 8.87 Å². The van der Waals surface area contributed by atoms with Crippen LogP contribution in [0.4, 0.5) is 0 Å². The van der Waals surface area contributed by atoms with E-state index in [0.29, 0.717) is 12.9 Å². The van der Waals surface area contributed by atoms with E-state index >= 15 is 0 Å². The molecule has 0 unspecified atom stereocenters. The van der Waals surface area contributed by atoms with E-state index < -0.39 is 0 Å². The van der Waals surface area contributed by atoms with Crippen LogP contribution in [-0.4, -0.2) is 44.3 Å². The van der Waals surface area contributed by atoms with Crippen molar-refractivity contribution >= 4 is 34.1 Å². The molecule has 0 aromatic rings. The van der Waals surface area contributed by atoms with E-state index in [1.54, 1.807) is 0 Å². The molecule has 0 atom stereocenters. The predicted molar refractivity (Wildman–Crippen MR) is 52.4 cm³/mol. The third kappa shape index (κ3) is 92.0. The molecule has 4 nitrogen and oxygen atoms in total. The van der Waals surface area contributed by atoms with Crippen molar-refractivity contribution in [3.63, 3.8) is 0 Å². The molecule has 0 amide bonds. The Balaban J connectivity index is -0.000000140. The molecule has 0 aliphatic carbocycles. The summed E-state index contributed by atoms with van der Waals surface area (Å²) >= 11 is -0.0547. The van der Waals surface area contributed by atoms with Crippen molar-refractivity contribution in [2.24, 2.45) is 0 Å². The molecular weight excluding hydrogens is 279 g/mol. The molecule has 5 heteroatoms. The Morgan fingerprint density at radius 1 is 1.08 bits per heavy atom. The van der Waals surface area contributed by atoms with Crippen LogP contribution in [0, 0.1) is 0 Å². The number of hydrogen-bond acceptors (Lipinski definition) is 2. The normalized spacial score (nSPS) is 5.54. The van der Waals surface area contributed by atoms with Crippen LogP contribution >= 0.6 is 0 Å². The number of rotatable bonds is 4. The third-order valence-electron chi connectivity index (χ3n) is 0.577. The number of aliphatic hydroxyl groups excluding tert-OH is 2. The van der Waals surface area contributed by atoms with Crippen LogP contribution in [0.15, 0.2) is 25.3 Å². The van der Waals surface area contributed by atoms with Crippen LogP contribution in [0.25, 0.3) is 0 Å². The molecule has 0 rings (SSSR count). The van der Waals surface area contributed by atoms with Gasteiger partial charge in [-0.3, -0.25) is 0 Å². The Morgan fingerprint density at radius 2 is 1.31 bits per heavy atom. The van der Waals surface area contributed by atoms with Crippen molar-refractivity contribution in [3.05, 3.63) is 25.3 Å². The van der Waals surface area contributed by atoms with E-state index in [-0.39, 0.29) is 21.1 Å². The Hall–Kier alpha value is -0.781. The maximum atomic E-state index is 8.24. The van der Waals surface area contributed by atoms with Crippen LogP contribution in [0.1, 0.15) is 0 Å². The van der Waals surface area contributed by atoms with Gasteiger partial charge >= 0.3 is 55.3 Å². The molecule has 0 aromatic carbocycles. The first-order valence-electron chi connectivity index (χ1n) is 3.20. The van der Waals surface area contributed by atoms with E-state index in [0.717, 1.165) is 0 Å². The fourth-order valence-corrected chi connectivity index (χ4v) is 1.93. The van der Waals surface area contributed by atoms with Gasteiger partial charge in [-0.1, -0.05) is 12.9 Å². The minimum Gasteiger partial charge on any atom is -0.665 e. The van der Waals surface area contributed by atoms with Gasteiger partial charge in [-0.2, -0.15) is 0 Å². The van der Waals surface area contributed by atoms with Gasteiger partial charge in [0, 0.05) is 0 Å². The van der Waals surface area contributed by atoms with Crippen molar-refractivity contribution < 1.29 is 19.8 Å². The molecule has 0 saturated carbocycles. The van der Waals surface area contributed by atoms with Crippen molar-refractivity contribution in [2.75, 3.05) is 0 Å². The quantitative estimate of drug-likeness (QED) is 0.352. The van der Waals surface area contributed by atoms with Gasteiger partial charge in [0.25, 0.3) is 0 Å². The standard InChI is InChI=1S/2C3H5.2CHO2.Sn/c2*1-3-2;2*2-1-3;/h2*3H,1-2H2;2*(H,2,3);/q;;2*-1;+2. The van der Waals surface area contributed by atoms with Crippen molar-refractivity contribution in [3.8, 4) is 0 Å². The van der Waals surface area contributed by atoms with Gasteiger partial charge in [0.1, 0.15) is 0 Å². The fraction of sp³-hybridized carbons (Fsp3) is 0.250. The molecular formula is C8H12O4Sn. The van der Waals surface area contributed by atoms with E-state index in [2.05, 4.69) is 13.2 Å². The number of hydrogen-bond donors (Lipinski definition) is 2. The smallest absolute Gasteiger partial charge is 0.0744 e. The SMILES string of the molecule is C=C[CH2][Sn+2][CH2]C=C.O=[C-]O.O=[C-]O. The summed E-state index contributed by atoms with van der Waals surface area (Å²) < 4.78 is 2.57. The molecule has 0 aliphatic heterocycles. The average Bonchev–Trinajstić information content (AvgIpc) is 2.08. The summed E-state index contributed by atoms with van der Waals surface area (Å²) in [5.41, 5.74) is 0. The molecule has 13 heavy (non-hydrogen) atoms. The maximum Gasteiger partial charge on any atom is -0.0744 e. The summed E-state index contributed by atoms with van der Waals surface area (Å²) in [6.07, 6.45) is 4.02.